The van der Waals surface area contributed by atoms with Crippen LogP contribution >= 0.6 is 0 Å². The molecule has 1 saturated carbocycles. The molecule has 0 heterocycles. The van der Waals surface area contributed by atoms with Gasteiger partial charge in [0.25, 0.3) is 0 Å². The van der Waals surface area contributed by atoms with Crippen molar-refractivity contribution in [2.75, 3.05) is 21.1 Å². The second-order valence-electron chi connectivity index (χ2n) is 5.07. The molecule has 0 bridgehead atoms. The molecular formula is C12H25N3O. The number of hydrogen-bond donors (Lipinski definition) is 2. The van der Waals surface area contributed by atoms with Crippen LogP contribution in [0.15, 0.2) is 0 Å². The van der Waals surface area contributed by atoms with Gasteiger partial charge in [0.05, 0.1) is 0 Å². The Kier molecular flexibility index (Phi) is 5.22. The minimum absolute atomic E-state index is 0.113. The summed E-state index contributed by atoms with van der Waals surface area (Å²) in [6.07, 6.45) is 4.25. The first kappa shape index (κ1) is 13.5. The van der Waals surface area contributed by atoms with Crippen LogP contribution in [0.5, 0.6) is 0 Å². The number of carbonyl (C=O) groups excluding carboxylic acids is 1. The Balaban J connectivity index is 2.25. The summed E-state index contributed by atoms with van der Waals surface area (Å²) in [6.45, 7) is 2.08. The Hall–Kier alpha value is -0.610. The van der Waals surface area contributed by atoms with Crippen molar-refractivity contribution in [3.05, 3.63) is 0 Å². The van der Waals surface area contributed by atoms with E-state index in [1.165, 1.54) is 19.3 Å². The van der Waals surface area contributed by atoms with Crippen LogP contribution in [0, 0.1) is 0 Å². The number of hydrogen-bond acceptors (Lipinski definition) is 3. The molecular weight excluding hydrogens is 202 g/mol. The maximum Gasteiger partial charge on any atom is 0.221 e. The van der Waals surface area contributed by atoms with E-state index < -0.39 is 0 Å². The molecule has 0 aromatic carbocycles. The maximum atomic E-state index is 11.2. The van der Waals surface area contributed by atoms with Crippen molar-refractivity contribution < 1.29 is 4.79 Å². The molecule has 0 aromatic rings. The SMILES string of the molecule is CNC(=O)CC(C)NC1CCC(N(C)C)C1. The summed E-state index contributed by atoms with van der Waals surface area (Å²) in [6, 6.07) is 1.54. The van der Waals surface area contributed by atoms with Crippen LogP contribution in [-0.4, -0.2) is 50.1 Å². The third kappa shape index (κ3) is 4.10. The van der Waals surface area contributed by atoms with Gasteiger partial charge in [0.2, 0.25) is 5.91 Å². The molecule has 3 atom stereocenters. The number of carbonyl (C=O) groups is 1. The highest BCUT2D eigenvalue weighted by atomic mass is 16.1. The molecule has 1 rings (SSSR count). The van der Waals surface area contributed by atoms with Gasteiger partial charge in [0.15, 0.2) is 0 Å². The van der Waals surface area contributed by atoms with Gasteiger partial charge in [-0.2, -0.15) is 0 Å². The highest BCUT2D eigenvalue weighted by Gasteiger charge is 2.26. The Morgan fingerprint density at radius 3 is 2.62 bits per heavy atom. The van der Waals surface area contributed by atoms with Crippen molar-refractivity contribution in [3.63, 3.8) is 0 Å². The molecule has 1 fully saturated rings. The summed E-state index contributed by atoms with van der Waals surface area (Å²) in [7, 11) is 5.97. The van der Waals surface area contributed by atoms with Crippen molar-refractivity contribution in [1.29, 1.82) is 0 Å². The molecule has 0 radical (unpaired) electrons. The van der Waals surface area contributed by atoms with Gasteiger partial charge in [-0.15, -0.1) is 0 Å². The Morgan fingerprint density at radius 2 is 2.12 bits per heavy atom. The number of amides is 1. The topological polar surface area (TPSA) is 44.4 Å². The van der Waals surface area contributed by atoms with Crippen LogP contribution in [0.25, 0.3) is 0 Å². The molecule has 0 spiro atoms. The first-order valence-corrected chi connectivity index (χ1v) is 6.16. The average molecular weight is 227 g/mol. The molecule has 94 valence electrons. The fourth-order valence-electron chi connectivity index (χ4n) is 2.42. The normalized spacial score (nSPS) is 27.1. The van der Waals surface area contributed by atoms with E-state index in [1.54, 1.807) is 7.05 Å². The van der Waals surface area contributed by atoms with Crippen LogP contribution < -0.4 is 10.6 Å². The van der Waals surface area contributed by atoms with E-state index >= 15 is 0 Å². The fraction of sp³-hybridized carbons (Fsp3) is 0.917. The summed E-state index contributed by atoms with van der Waals surface area (Å²) in [5.74, 6) is 0.113. The molecule has 1 amide bonds. The van der Waals surface area contributed by atoms with Gasteiger partial charge < -0.3 is 15.5 Å². The first-order chi connectivity index (χ1) is 7.52. The molecule has 4 nitrogen and oxygen atoms in total. The van der Waals surface area contributed by atoms with E-state index in [0.29, 0.717) is 18.5 Å². The highest BCUT2D eigenvalue weighted by molar-refractivity contribution is 5.76. The second kappa shape index (κ2) is 6.21. The van der Waals surface area contributed by atoms with Crippen molar-refractivity contribution in [2.24, 2.45) is 0 Å². The molecule has 0 saturated heterocycles. The highest BCUT2D eigenvalue weighted by Crippen LogP contribution is 2.22. The smallest absolute Gasteiger partial charge is 0.221 e. The zero-order chi connectivity index (χ0) is 12.1. The number of rotatable bonds is 5. The average Bonchev–Trinajstić information content (AvgIpc) is 2.65. The second-order valence-corrected chi connectivity index (χ2v) is 5.07. The molecule has 0 aromatic heterocycles. The summed E-state index contributed by atoms with van der Waals surface area (Å²) < 4.78 is 0. The van der Waals surface area contributed by atoms with Gasteiger partial charge in [0.1, 0.15) is 0 Å². The largest absolute Gasteiger partial charge is 0.359 e. The fourth-order valence-corrected chi connectivity index (χ4v) is 2.42. The summed E-state index contributed by atoms with van der Waals surface area (Å²) in [5.41, 5.74) is 0. The lowest BCUT2D eigenvalue weighted by Gasteiger charge is -2.21. The number of nitrogens with one attached hydrogen (secondary N) is 2. The minimum Gasteiger partial charge on any atom is -0.359 e. The maximum absolute atomic E-state index is 11.2. The van der Waals surface area contributed by atoms with Crippen LogP contribution in [0.2, 0.25) is 0 Å². The van der Waals surface area contributed by atoms with Crippen LogP contribution in [0.1, 0.15) is 32.6 Å². The van der Waals surface area contributed by atoms with Crippen molar-refractivity contribution in [2.45, 2.75) is 50.7 Å². The summed E-state index contributed by atoms with van der Waals surface area (Å²) >= 11 is 0. The predicted octanol–water partition coefficient (Wildman–Crippen LogP) is 0.583. The van der Waals surface area contributed by atoms with Crippen LogP contribution in [0.3, 0.4) is 0 Å². The molecule has 1 aliphatic rings. The third-order valence-electron chi connectivity index (χ3n) is 3.43. The lowest BCUT2D eigenvalue weighted by Crippen LogP contribution is -2.39. The third-order valence-corrected chi connectivity index (χ3v) is 3.43. The monoisotopic (exact) mass is 227 g/mol. The Labute approximate surface area is 98.8 Å². The molecule has 2 N–H and O–H groups in total. The lowest BCUT2D eigenvalue weighted by molar-refractivity contribution is -0.121. The van der Waals surface area contributed by atoms with Gasteiger partial charge in [-0.05, 0) is 40.3 Å². The van der Waals surface area contributed by atoms with Crippen LogP contribution in [0.4, 0.5) is 0 Å². The molecule has 0 aliphatic heterocycles. The van der Waals surface area contributed by atoms with E-state index in [1.807, 2.05) is 0 Å². The van der Waals surface area contributed by atoms with Crippen LogP contribution in [-0.2, 0) is 4.79 Å². The van der Waals surface area contributed by atoms with E-state index in [-0.39, 0.29) is 11.9 Å². The zero-order valence-electron chi connectivity index (χ0n) is 10.9. The standard InChI is InChI=1S/C12H25N3O/c1-9(7-12(16)13-2)14-10-5-6-11(8-10)15(3)4/h9-11,14H,5-8H2,1-4H3,(H,13,16). The molecule has 16 heavy (non-hydrogen) atoms. The molecule has 1 aliphatic carbocycles. The van der Waals surface area contributed by atoms with Crippen molar-refractivity contribution in [3.8, 4) is 0 Å². The minimum atomic E-state index is 0.113. The van der Waals surface area contributed by atoms with Crippen molar-refractivity contribution >= 4 is 5.91 Å². The van der Waals surface area contributed by atoms with Gasteiger partial charge >= 0.3 is 0 Å². The van der Waals surface area contributed by atoms with Gasteiger partial charge in [-0.3, -0.25) is 4.79 Å². The van der Waals surface area contributed by atoms with E-state index in [0.717, 1.165) is 0 Å². The van der Waals surface area contributed by atoms with E-state index in [2.05, 4.69) is 36.6 Å². The molecule has 4 heteroatoms. The van der Waals surface area contributed by atoms with Gasteiger partial charge in [0, 0.05) is 31.6 Å². The van der Waals surface area contributed by atoms with Crippen molar-refractivity contribution in [1.82, 2.24) is 15.5 Å². The number of nitrogens with zero attached hydrogens (tertiary/aromatic N) is 1. The Bertz CT molecular complexity index is 230. The zero-order valence-corrected chi connectivity index (χ0v) is 10.9. The lowest BCUT2D eigenvalue weighted by atomic mass is 10.1. The Morgan fingerprint density at radius 1 is 1.44 bits per heavy atom. The van der Waals surface area contributed by atoms with E-state index in [9.17, 15) is 4.79 Å². The first-order valence-electron chi connectivity index (χ1n) is 6.16. The predicted molar refractivity (Wildman–Crippen MR) is 66.4 cm³/mol. The van der Waals surface area contributed by atoms with Gasteiger partial charge in [-0.25, -0.2) is 0 Å². The van der Waals surface area contributed by atoms with Gasteiger partial charge in [-0.1, -0.05) is 0 Å². The quantitative estimate of drug-likeness (QED) is 0.722. The summed E-state index contributed by atoms with van der Waals surface area (Å²) in [5, 5.41) is 6.20. The van der Waals surface area contributed by atoms with E-state index in [4.69, 9.17) is 0 Å². The summed E-state index contributed by atoms with van der Waals surface area (Å²) in [4.78, 5) is 13.5. The molecule has 3 unspecified atom stereocenters.